The molecule has 0 fully saturated rings. The molecule has 0 N–H and O–H groups in total. The minimum atomic E-state index is -3.15. The summed E-state index contributed by atoms with van der Waals surface area (Å²) < 4.78 is 51.3. The second-order valence-electron chi connectivity index (χ2n) is 11.2. The second kappa shape index (κ2) is 20.7. The molecule has 0 bridgehead atoms. The summed E-state index contributed by atoms with van der Waals surface area (Å²) in [6.45, 7) is -5.14. The fourth-order valence-corrected chi connectivity index (χ4v) is 7.63. The number of rotatable bonds is 22. The van der Waals surface area contributed by atoms with Crippen LogP contribution in [-0.2, 0) is 59.3 Å². The van der Waals surface area contributed by atoms with Crippen molar-refractivity contribution in [3.63, 3.8) is 0 Å². The van der Waals surface area contributed by atoms with E-state index in [9.17, 15) is 0 Å². The van der Waals surface area contributed by atoms with Crippen LogP contribution in [0.15, 0.2) is 107 Å². The Hall–Kier alpha value is -2.51. The summed E-state index contributed by atoms with van der Waals surface area (Å²) in [5.41, 5.74) is 2.32. The molecule has 4 aromatic rings. The fraction of sp³-hybridized carbons (Fsp3) is 0.333. The van der Waals surface area contributed by atoms with Crippen molar-refractivity contribution in [1.82, 2.24) is 4.90 Å². The number of hydrogen-bond donors (Lipinski definition) is 0. The summed E-state index contributed by atoms with van der Waals surface area (Å²) in [6.07, 6.45) is 1.38. The molecule has 0 radical (unpaired) electrons. The molecule has 51 heavy (non-hydrogen) atoms. The second-order valence-corrected chi connectivity index (χ2v) is 18.6. The molecular formula is C36H45NO9P2S3. The number of hydrogen-bond acceptors (Lipinski definition) is 13. The number of aryl methyl sites for hydroxylation is 2. The van der Waals surface area contributed by atoms with Crippen LogP contribution in [0.2, 0.25) is 0 Å². The summed E-state index contributed by atoms with van der Waals surface area (Å²) >= 11 is 12.5. The van der Waals surface area contributed by atoms with E-state index in [1.165, 1.54) is 26.9 Å². The first-order valence-electron chi connectivity index (χ1n) is 15.9. The average Bonchev–Trinajstić information content (AvgIpc) is 3.14. The van der Waals surface area contributed by atoms with E-state index in [-0.39, 0.29) is 12.9 Å². The lowest BCUT2D eigenvalue weighted by Crippen LogP contribution is -2.34. The van der Waals surface area contributed by atoms with Gasteiger partial charge in [-0.05, 0) is 105 Å². The van der Waals surface area contributed by atoms with Crippen LogP contribution in [0.25, 0.3) is 0 Å². The summed E-state index contributed by atoms with van der Waals surface area (Å²) in [5, 5.41) is 0. The molecule has 0 saturated heterocycles. The van der Waals surface area contributed by atoms with Gasteiger partial charge in [-0.25, -0.2) is 0 Å². The van der Waals surface area contributed by atoms with Gasteiger partial charge in [-0.2, -0.15) is 0 Å². The molecule has 0 aliphatic rings. The van der Waals surface area contributed by atoms with Gasteiger partial charge in [0.25, 0.3) is 0 Å². The standard InChI is InChI=1S/C36H45NO9P2S3/c1-37(2)25-33(26-42-36-13-8-7-11-29(36)15-14-28-10-9-12-32(24-28)38-3)43-27-44-48(50,41-6)46-31-18-22-35(23-19-31)51-34-20-16-30(17-21-34)45-47(49,39-4)40-5/h7-13,16-24,33H,14-15,25-27H2,1-6H3/t33-,48?/m1/s1. The molecule has 0 saturated carbocycles. The van der Waals surface area contributed by atoms with E-state index in [1.54, 1.807) is 18.9 Å². The highest BCUT2D eigenvalue weighted by Gasteiger charge is 2.23. The van der Waals surface area contributed by atoms with E-state index >= 15 is 0 Å². The smallest absolute Gasteiger partial charge is 0.382 e. The van der Waals surface area contributed by atoms with E-state index in [0.717, 1.165) is 39.7 Å². The Morgan fingerprint density at radius 2 is 1.29 bits per heavy atom. The number of nitrogens with zero attached hydrogens (tertiary/aromatic N) is 1. The highest BCUT2D eigenvalue weighted by atomic mass is 32.5. The fourth-order valence-electron chi connectivity index (χ4n) is 4.69. The predicted octanol–water partition coefficient (Wildman–Crippen LogP) is 8.78. The van der Waals surface area contributed by atoms with Gasteiger partial charge in [-0.3, -0.25) is 4.52 Å². The van der Waals surface area contributed by atoms with Crippen LogP contribution in [0.5, 0.6) is 23.0 Å². The Balaban J connectivity index is 1.28. The Morgan fingerprint density at radius 1 is 0.686 bits per heavy atom. The minimum absolute atomic E-state index is 0.124. The SMILES string of the molecule is COc1cccc(CCc2ccccc2OC[C@@H](CN(C)C)OCOP(=S)(OC)Oc2ccc(Sc3ccc(OP(=S)(OC)OC)cc3)cc2)c1. The quantitative estimate of drug-likeness (QED) is 0.0562. The Morgan fingerprint density at radius 3 is 1.88 bits per heavy atom. The molecule has 4 aromatic carbocycles. The van der Waals surface area contributed by atoms with E-state index in [0.29, 0.717) is 24.7 Å². The third-order valence-electron chi connectivity index (χ3n) is 7.29. The Labute approximate surface area is 316 Å². The topological polar surface area (TPSA) is 86.3 Å². The van der Waals surface area contributed by atoms with Crippen LogP contribution >= 0.6 is 25.2 Å². The molecule has 0 aliphatic heterocycles. The van der Waals surface area contributed by atoms with Crippen LogP contribution in [0.3, 0.4) is 0 Å². The van der Waals surface area contributed by atoms with Gasteiger partial charge in [0.15, 0.2) is 6.79 Å². The molecule has 2 atom stereocenters. The van der Waals surface area contributed by atoms with Gasteiger partial charge >= 0.3 is 13.4 Å². The molecule has 0 amide bonds. The van der Waals surface area contributed by atoms with Gasteiger partial charge in [0.2, 0.25) is 0 Å². The molecule has 0 aliphatic carbocycles. The van der Waals surface area contributed by atoms with Gasteiger partial charge < -0.3 is 41.7 Å². The van der Waals surface area contributed by atoms with E-state index in [2.05, 4.69) is 18.2 Å². The predicted molar refractivity (Wildman–Crippen MR) is 210 cm³/mol. The van der Waals surface area contributed by atoms with Crippen molar-refractivity contribution < 1.29 is 41.4 Å². The minimum Gasteiger partial charge on any atom is -0.497 e. The zero-order chi connectivity index (χ0) is 36.7. The van der Waals surface area contributed by atoms with Gasteiger partial charge in [0.05, 0.1) is 7.11 Å². The summed E-state index contributed by atoms with van der Waals surface area (Å²) in [6, 6.07) is 31.2. The average molecular weight is 794 g/mol. The van der Waals surface area contributed by atoms with Gasteiger partial charge in [-0.1, -0.05) is 42.1 Å². The number of likely N-dealkylation sites (N-methyl/N-ethyl adjacent to an activating group) is 1. The van der Waals surface area contributed by atoms with Crippen molar-refractivity contribution in [3.05, 3.63) is 108 Å². The van der Waals surface area contributed by atoms with Crippen LogP contribution < -0.4 is 18.5 Å². The highest BCUT2D eigenvalue weighted by Crippen LogP contribution is 2.50. The molecule has 0 aromatic heterocycles. The summed E-state index contributed by atoms with van der Waals surface area (Å²) in [7, 11) is 10.0. The first kappa shape index (κ1) is 41.2. The van der Waals surface area contributed by atoms with E-state index in [1.807, 2.05) is 97.9 Å². The van der Waals surface area contributed by atoms with Crippen molar-refractivity contribution in [1.29, 1.82) is 0 Å². The zero-order valence-corrected chi connectivity index (χ0v) is 33.8. The normalized spacial score (nSPS) is 13.4. The molecule has 10 nitrogen and oxygen atoms in total. The maximum atomic E-state index is 6.29. The lowest BCUT2D eigenvalue weighted by molar-refractivity contribution is -0.0644. The van der Waals surface area contributed by atoms with Crippen LogP contribution in [0, 0.1) is 0 Å². The molecule has 0 heterocycles. The Bertz CT molecular complexity index is 1740. The third kappa shape index (κ3) is 13.8. The van der Waals surface area contributed by atoms with Crippen LogP contribution in [0.4, 0.5) is 0 Å². The lowest BCUT2D eigenvalue weighted by atomic mass is 10.0. The number of benzene rings is 4. The zero-order valence-electron chi connectivity index (χ0n) is 29.6. The summed E-state index contributed by atoms with van der Waals surface area (Å²) in [4.78, 5) is 4.04. The molecule has 4 rings (SSSR count). The molecular weight excluding hydrogens is 749 g/mol. The largest absolute Gasteiger partial charge is 0.497 e. The first-order chi connectivity index (χ1) is 24.6. The maximum Gasteiger partial charge on any atom is 0.382 e. The van der Waals surface area contributed by atoms with Crippen molar-refractivity contribution in [2.75, 3.05) is 62.5 Å². The van der Waals surface area contributed by atoms with Crippen LogP contribution in [0.1, 0.15) is 11.1 Å². The molecule has 0 spiro atoms. The van der Waals surface area contributed by atoms with Gasteiger partial charge in [0, 0.05) is 61.3 Å². The van der Waals surface area contributed by atoms with Crippen molar-refractivity contribution in [2.45, 2.75) is 28.7 Å². The first-order valence-corrected chi connectivity index (χ1v) is 21.9. The maximum absolute atomic E-state index is 6.29. The summed E-state index contributed by atoms with van der Waals surface area (Å²) in [5.74, 6) is 2.77. The number of ether oxygens (including phenoxy) is 3. The van der Waals surface area contributed by atoms with E-state index in [4.69, 9.17) is 65.0 Å². The Kier molecular flexibility index (Phi) is 16.7. The van der Waals surface area contributed by atoms with Crippen molar-refractivity contribution in [3.8, 4) is 23.0 Å². The lowest BCUT2D eigenvalue weighted by Gasteiger charge is -2.25. The molecule has 276 valence electrons. The monoisotopic (exact) mass is 793 g/mol. The highest BCUT2D eigenvalue weighted by molar-refractivity contribution is 8.08. The van der Waals surface area contributed by atoms with E-state index < -0.39 is 13.4 Å². The van der Waals surface area contributed by atoms with Gasteiger partial charge in [0.1, 0.15) is 35.7 Å². The van der Waals surface area contributed by atoms with Gasteiger partial charge in [-0.15, -0.1) is 0 Å². The third-order valence-corrected chi connectivity index (χ3v) is 13.0. The number of para-hydroxylation sites is 1. The van der Waals surface area contributed by atoms with Crippen molar-refractivity contribution >= 4 is 48.8 Å². The molecule has 1 unspecified atom stereocenters. The van der Waals surface area contributed by atoms with Crippen LogP contribution in [-0.4, -0.2) is 73.5 Å². The van der Waals surface area contributed by atoms with Crippen molar-refractivity contribution in [2.24, 2.45) is 0 Å². The molecule has 15 heteroatoms. The number of methoxy groups -OCH3 is 1.